The second-order valence-electron chi connectivity index (χ2n) is 11.3. The second kappa shape index (κ2) is 7.99. The Morgan fingerprint density at radius 1 is 0.405 bits per heavy atom. The third-order valence-corrected chi connectivity index (χ3v) is 9.12. The SMILES string of the molecule is c1cc(-c2ccc3ccc4cccc5ccc2c3c45)cc(-n2c3ccccc3c3c4c(ccc32)oc2ccccc24)c1. The molecule has 0 amide bonds. The first-order valence-electron chi connectivity index (χ1n) is 14.4. The van der Waals surface area contributed by atoms with Crippen LogP contribution in [-0.4, -0.2) is 4.57 Å². The van der Waals surface area contributed by atoms with Crippen LogP contribution < -0.4 is 0 Å². The third kappa shape index (κ3) is 2.83. The molecule has 0 saturated heterocycles. The van der Waals surface area contributed by atoms with E-state index in [2.05, 4.69) is 138 Å². The van der Waals surface area contributed by atoms with Gasteiger partial charge in [-0.05, 0) is 79.8 Å². The fourth-order valence-electron chi connectivity index (χ4n) is 7.35. The van der Waals surface area contributed by atoms with Gasteiger partial charge in [-0.25, -0.2) is 0 Å². The molecule has 10 rings (SSSR count). The Bertz CT molecular complexity index is 2670. The molecule has 0 N–H and O–H groups in total. The third-order valence-electron chi connectivity index (χ3n) is 9.12. The van der Waals surface area contributed by atoms with E-state index in [1.807, 2.05) is 6.07 Å². The van der Waals surface area contributed by atoms with Crippen molar-refractivity contribution in [3.63, 3.8) is 0 Å². The minimum Gasteiger partial charge on any atom is -0.456 e. The van der Waals surface area contributed by atoms with Gasteiger partial charge in [-0.3, -0.25) is 0 Å². The topological polar surface area (TPSA) is 18.1 Å². The smallest absolute Gasteiger partial charge is 0.136 e. The highest BCUT2D eigenvalue weighted by atomic mass is 16.3. The van der Waals surface area contributed by atoms with Crippen molar-refractivity contribution in [3.05, 3.63) is 140 Å². The molecule has 42 heavy (non-hydrogen) atoms. The average Bonchev–Trinajstić information content (AvgIpc) is 3.59. The molecule has 2 heteroatoms. The summed E-state index contributed by atoms with van der Waals surface area (Å²) in [5.74, 6) is 0. The minimum absolute atomic E-state index is 0.924. The molecule has 0 aliphatic carbocycles. The summed E-state index contributed by atoms with van der Waals surface area (Å²) in [5.41, 5.74) is 7.84. The zero-order chi connectivity index (χ0) is 27.4. The largest absolute Gasteiger partial charge is 0.456 e. The summed E-state index contributed by atoms with van der Waals surface area (Å²) in [6, 6.07) is 50.6. The van der Waals surface area contributed by atoms with E-state index in [0.29, 0.717) is 0 Å². The van der Waals surface area contributed by atoms with Gasteiger partial charge in [0.15, 0.2) is 0 Å². The molecule has 0 aliphatic heterocycles. The summed E-state index contributed by atoms with van der Waals surface area (Å²) in [6.07, 6.45) is 0. The number of nitrogens with zero attached hydrogens (tertiary/aromatic N) is 1. The van der Waals surface area contributed by atoms with Crippen molar-refractivity contribution in [2.45, 2.75) is 0 Å². The van der Waals surface area contributed by atoms with Gasteiger partial charge in [0, 0.05) is 27.2 Å². The summed E-state index contributed by atoms with van der Waals surface area (Å²) in [7, 11) is 0. The number of aromatic nitrogens is 1. The van der Waals surface area contributed by atoms with Crippen molar-refractivity contribution in [2.24, 2.45) is 0 Å². The van der Waals surface area contributed by atoms with Crippen LogP contribution in [0.3, 0.4) is 0 Å². The summed E-state index contributed by atoms with van der Waals surface area (Å²) in [5, 5.41) is 12.7. The fourth-order valence-corrected chi connectivity index (χ4v) is 7.35. The average molecular weight is 534 g/mol. The standard InChI is InChI=1S/C40H23NO/c1-3-13-33-31(11-1)39-34(21-22-36-40(39)32-12-2-4-14-35(32)42-36)41(33)28-10-6-9-27(23-28)29-19-17-26-16-15-24-7-5-8-25-18-20-30(29)38(26)37(24)25/h1-23H. The van der Waals surface area contributed by atoms with Crippen LogP contribution in [-0.2, 0) is 0 Å². The van der Waals surface area contributed by atoms with E-state index in [1.165, 1.54) is 70.6 Å². The molecule has 2 aromatic heterocycles. The van der Waals surface area contributed by atoms with Crippen molar-refractivity contribution in [1.82, 2.24) is 4.57 Å². The van der Waals surface area contributed by atoms with Crippen LogP contribution in [0.1, 0.15) is 0 Å². The van der Waals surface area contributed by atoms with Crippen LogP contribution in [0, 0.1) is 0 Å². The number of fused-ring (bicyclic) bond motifs is 7. The summed E-state index contributed by atoms with van der Waals surface area (Å²) < 4.78 is 8.69. The Hall–Kier alpha value is -5.60. The molecule has 194 valence electrons. The number of hydrogen-bond acceptors (Lipinski definition) is 1. The van der Waals surface area contributed by atoms with Gasteiger partial charge in [0.25, 0.3) is 0 Å². The quantitative estimate of drug-likeness (QED) is 0.202. The Labute approximate surface area is 241 Å². The lowest BCUT2D eigenvalue weighted by Gasteiger charge is -2.15. The van der Waals surface area contributed by atoms with E-state index in [0.717, 1.165) is 22.2 Å². The predicted octanol–water partition coefficient (Wildman–Crippen LogP) is 11.2. The lowest BCUT2D eigenvalue weighted by Crippen LogP contribution is -1.94. The second-order valence-corrected chi connectivity index (χ2v) is 11.3. The molecule has 0 bridgehead atoms. The molecular weight excluding hydrogens is 510 g/mol. The molecule has 2 heterocycles. The van der Waals surface area contributed by atoms with Crippen LogP contribution in [0.2, 0.25) is 0 Å². The Morgan fingerprint density at radius 2 is 1.14 bits per heavy atom. The van der Waals surface area contributed by atoms with Gasteiger partial charge < -0.3 is 8.98 Å². The van der Waals surface area contributed by atoms with E-state index < -0.39 is 0 Å². The molecule has 2 nitrogen and oxygen atoms in total. The summed E-state index contributed by atoms with van der Waals surface area (Å²) in [6.45, 7) is 0. The van der Waals surface area contributed by atoms with Gasteiger partial charge in [-0.1, -0.05) is 103 Å². The maximum atomic E-state index is 6.28. The summed E-state index contributed by atoms with van der Waals surface area (Å²) in [4.78, 5) is 0. The van der Waals surface area contributed by atoms with Gasteiger partial charge in [0.05, 0.1) is 11.0 Å². The van der Waals surface area contributed by atoms with Crippen LogP contribution in [0.15, 0.2) is 144 Å². The van der Waals surface area contributed by atoms with Gasteiger partial charge in [0.1, 0.15) is 11.2 Å². The molecular formula is C40H23NO. The first-order valence-corrected chi connectivity index (χ1v) is 14.4. The normalized spacial score (nSPS) is 12.3. The van der Waals surface area contributed by atoms with Crippen molar-refractivity contribution in [2.75, 3.05) is 0 Å². The fraction of sp³-hybridized carbons (Fsp3) is 0. The zero-order valence-electron chi connectivity index (χ0n) is 22.6. The predicted molar refractivity (Wildman–Crippen MR) is 177 cm³/mol. The van der Waals surface area contributed by atoms with Gasteiger partial charge in [-0.2, -0.15) is 0 Å². The van der Waals surface area contributed by atoms with Crippen LogP contribution >= 0.6 is 0 Å². The van der Waals surface area contributed by atoms with Gasteiger partial charge in [0.2, 0.25) is 0 Å². The van der Waals surface area contributed by atoms with E-state index in [4.69, 9.17) is 4.42 Å². The first kappa shape index (κ1) is 22.1. The Kier molecular flexibility index (Phi) is 4.21. The maximum absolute atomic E-state index is 6.28. The molecule has 0 saturated carbocycles. The van der Waals surface area contributed by atoms with Crippen LogP contribution in [0.4, 0.5) is 0 Å². The van der Waals surface area contributed by atoms with Crippen molar-refractivity contribution in [1.29, 1.82) is 0 Å². The number of benzene rings is 8. The minimum atomic E-state index is 0.924. The lowest BCUT2D eigenvalue weighted by molar-refractivity contribution is 0.669. The highest BCUT2D eigenvalue weighted by Crippen LogP contribution is 2.43. The Morgan fingerprint density at radius 3 is 2.05 bits per heavy atom. The molecule has 0 atom stereocenters. The summed E-state index contributed by atoms with van der Waals surface area (Å²) >= 11 is 0. The molecule has 0 radical (unpaired) electrons. The molecule has 8 aromatic carbocycles. The molecule has 0 fully saturated rings. The van der Waals surface area contributed by atoms with E-state index in [-0.39, 0.29) is 0 Å². The molecule has 0 unspecified atom stereocenters. The molecule has 0 spiro atoms. The lowest BCUT2D eigenvalue weighted by atomic mass is 9.90. The van der Waals surface area contributed by atoms with Crippen molar-refractivity contribution < 1.29 is 4.42 Å². The van der Waals surface area contributed by atoms with E-state index in [9.17, 15) is 0 Å². The zero-order valence-corrected chi connectivity index (χ0v) is 22.6. The van der Waals surface area contributed by atoms with Crippen molar-refractivity contribution >= 4 is 76.1 Å². The van der Waals surface area contributed by atoms with Crippen LogP contribution in [0.25, 0.3) is 92.9 Å². The van der Waals surface area contributed by atoms with E-state index in [1.54, 1.807) is 0 Å². The number of hydrogen-bond donors (Lipinski definition) is 0. The Balaban J connectivity index is 1.27. The molecule has 0 aliphatic rings. The first-order chi connectivity index (χ1) is 20.8. The maximum Gasteiger partial charge on any atom is 0.136 e. The highest BCUT2D eigenvalue weighted by molar-refractivity contribution is 6.28. The van der Waals surface area contributed by atoms with Gasteiger partial charge in [-0.15, -0.1) is 0 Å². The van der Waals surface area contributed by atoms with Crippen LogP contribution in [0.5, 0.6) is 0 Å². The van der Waals surface area contributed by atoms with Crippen molar-refractivity contribution in [3.8, 4) is 16.8 Å². The number of para-hydroxylation sites is 2. The van der Waals surface area contributed by atoms with E-state index >= 15 is 0 Å². The van der Waals surface area contributed by atoms with Gasteiger partial charge >= 0.3 is 0 Å². The highest BCUT2D eigenvalue weighted by Gasteiger charge is 2.19. The number of rotatable bonds is 2. The number of furan rings is 1. The monoisotopic (exact) mass is 533 g/mol. The molecule has 10 aromatic rings.